The quantitative estimate of drug-likeness (QED) is 0.437. The van der Waals surface area contributed by atoms with Crippen molar-refractivity contribution in [2.24, 2.45) is 0 Å². The van der Waals surface area contributed by atoms with Crippen LogP contribution < -0.4 is 5.32 Å². The number of rotatable bonds is 6. The highest BCUT2D eigenvalue weighted by molar-refractivity contribution is 7.99. The summed E-state index contributed by atoms with van der Waals surface area (Å²) in [5.74, 6) is 0.837. The smallest absolute Gasteiger partial charge is 0.234 e. The van der Waals surface area contributed by atoms with Crippen LogP contribution in [0.15, 0.2) is 72.1 Å². The second-order valence-corrected chi connectivity index (χ2v) is 8.27. The molecule has 0 unspecified atom stereocenters. The van der Waals surface area contributed by atoms with Crippen LogP contribution in [0.2, 0.25) is 0 Å². The largest absolute Gasteiger partial charge is 0.325 e. The van der Waals surface area contributed by atoms with Crippen LogP contribution in [0.1, 0.15) is 16.7 Å². The van der Waals surface area contributed by atoms with Crippen LogP contribution in [0, 0.1) is 20.8 Å². The summed E-state index contributed by atoms with van der Waals surface area (Å²) in [7, 11) is 0. The van der Waals surface area contributed by atoms with Gasteiger partial charge in [-0.3, -0.25) is 14.3 Å². The maximum absolute atomic E-state index is 12.6. The van der Waals surface area contributed by atoms with Crippen LogP contribution >= 0.6 is 11.8 Å². The average molecular weight is 430 g/mol. The standard InChI is InChI=1S/C24H23N5OS/c1-16-10-11-20(18(3)13-16)26-22(30)15-31-24-28-27-23(19-8-6-12-25-14-19)29(24)21-9-5-4-7-17(21)2/h4-14H,15H2,1-3H3,(H,26,30). The number of nitrogens with zero attached hydrogens (tertiary/aromatic N) is 4. The van der Waals surface area contributed by atoms with Crippen molar-refractivity contribution >= 4 is 23.4 Å². The molecular formula is C24H23N5OS. The van der Waals surface area contributed by atoms with Gasteiger partial charge in [0.1, 0.15) is 0 Å². The molecule has 6 nitrogen and oxygen atoms in total. The van der Waals surface area contributed by atoms with E-state index in [1.54, 1.807) is 12.4 Å². The Hall–Kier alpha value is -3.45. The normalized spacial score (nSPS) is 10.8. The van der Waals surface area contributed by atoms with Crippen LogP contribution in [-0.4, -0.2) is 31.4 Å². The van der Waals surface area contributed by atoms with E-state index in [0.29, 0.717) is 11.0 Å². The number of para-hydroxylation sites is 1. The van der Waals surface area contributed by atoms with Gasteiger partial charge in [-0.1, -0.05) is 47.7 Å². The predicted octanol–water partition coefficient (Wildman–Crippen LogP) is 4.99. The molecular weight excluding hydrogens is 406 g/mol. The van der Waals surface area contributed by atoms with E-state index in [2.05, 4.69) is 26.6 Å². The van der Waals surface area contributed by atoms with Gasteiger partial charge < -0.3 is 5.32 Å². The van der Waals surface area contributed by atoms with E-state index in [4.69, 9.17) is 0 Å². The lowest BCUT2D eigenvalue weighted by atomic mass is 10.1. The number of nitrogens with one attached hydrogen (secondary N) is 1. The molecule has 0 radical (unpaired) electrons. The molecule has 0 aliphatic heterocycles. The predicted molar refractivity (Wildman–Crippen MR) is 125 cm³/mol. The number of amides is 1. The van der Waals surface area contributed by atoms with E-state index in [1.165, 1.54) is 17.3 Å². The highest BCUT2D eigenvalue weighted by Gasteiger charge is 2.18. The minimum Gasteiger partial charge on any atom is -0.325 e. The van der Waals surface area contributed by atoms with Gasteiger partial charge in [0, 0.05) is 23.6 Å². The molecule has 0 bridgehead atoms. The second-order valence-electron chi connectivity index (χ2n) is 7.33. The molecule has 156 valence electrons. The average Bonchev–Trinajstić information content (AvgIpc) is 3.19. The number of anilines is 1. The molecule has 0 aliphatic carbocycles. The number of hydrogen-bond acceptors (Lipinski definition) is 5. The molecule has 0 saturated heterocycles. The fraction of sp³-hybridized carbons (Fsp3) is 0.167. The summed E-state index contributed by atoms with van der Waals surface area (Å²) in [5.41, 5.74) is 5.97. The maximum atomic E-state index is 12.6. The molecule has 0 fully saturated rings. The molecule has 1 N–H and O–H groups in total. The number of carbonyl (C=O) groups excluding carboxylic acids is 1. The third-order valence-electron chi connectivity index (χ3n) is 4.90. The van der Waals surface area contributed by atoms with Crippen LogP contribution in [-0.2, 0) is 4.79 Å². The van der Waals surface area contributed by atoms with Crippen molar-refractivity contribution in [3.05, 3.63) is 83.7 Å². The molecule has 2 heterocycles. The Kier molecular flexibility index (Phi) is 6.13. The molecule has 2 aromatic heterocycles. The van der Waals surface area contributed by atoms with Gasteiger partial charge in [-0.15, -0.1) is 10.2 Å². The van der Waals surface area contributed by atoms with E-state index < -0.39 is 0 Å². The summed E-state index contributed by atoms with van der Waals surface area (Å²) < 4.78 is 1.99. The van der Waals surface area contributed by atoms with Crippen molar-refractivity contribution in [1.82, 2.24) is 19.7 Å². The Morgan fingerprint density at radius 3 is 2.58 bits per heavy atom. The number of thioether (sulfide) groups is 1. The molecule has 7 heteroatoms. The lowest BCUT2D eigenvalue weighted by Gasteiger charge is -2.13. The SMILES string of the molecule is Cc1ccc(NC(=O)CSc2nnc(-c3cccnc3)n2-c2ccccc2C)c(C)c1. The number of aromatic nitrogens is 4. The third-order valence-corrected chi connectivity index (χ3v) is 5.83. The van der Waals surface area contributed by atoms with Crippen molar-refractivity contribution in [2.45, 2.75) is 25.9 Å². The molecule has 0 atom stereocenters. The van der Waals surface area contributed by atoms with E-state index >= 15 is 0 Å². The van der Waals surface area contributed by atoms with Crippen molar-refractivity contribution in [3.8, 4) is 17.1 Å². The molecule has 0 saturated carbocycles. The summed E-state index contributed by atoms with van der Waals surface area (Å²) >= 11 is 1.36. The molecule has 1 amide bonds. The fourth-order valence-corrected chi connectivity index (χ4v) is 4.09. The number of pyridine rings is 1. The fourth-order valence-electron chi connectivity index (χ4n) is 3.35. The number of carbonyl (C=O) groups is 1. The van der Waals surface area contributed by atoms with Gasteiger partial charge >= 0.3 is 0 Å². The van der Waals surface area contributed by atoms with E-state index in [-0.39, 0.29) is 11.7 Å². The first kappa shape index (κ1) is 20.8. The number of aryl methyl sites for hydroxylation is 3. The Labute approximate surface area is 185 Å². The number of benzene rings is 2. The van der Waals surface area contributed by atoms with Crippen LogP contribution in [0.4, 0.5) is 5.69 Å². The van der Waals surface area contributed by atoms with Crippen molar-refractivity contribution in [2.75, 3.05) is 11.1 Å². The Morgan fingerprint density at radius 2 is 1.84 bits per heavy atom. The van der Waals surface area contributed by atoms with Crippen LogP contribution in [0.3, 0.4) is 0 Å². The van der Waals surface area contributed by atoms with Gasteiger partial charge in [0.15, 0.2) is 11.0 Å². The molecule has 0 aliphatic rings. The zero-order valence-corrected chi connectivity index (χ0v) is 18.5. The van der Waals surface area contributed by atoms with Gasteiger partial charge in [-0.05, 0) is 56.2 Å². The molecule has 31 heavy (non-hydrogen) atoms. The van der Waals surface area contributed by atoms with Gasteiger partial charge in [0.25, 0.3) is 0 Å². The minimum atomic E-state index is -0.0841. The van der Waals surface area contributed by atoms with E-state index in [0.717, 1.165) is 28.1 Å². The molecule has 0 spiro atoms. The van der Waals surface area contributed by atoms with Crippen molar-refractivity contribution in [3.63, 3.8) is 0 Å². The summed E-state index contributed by atoms with van der Waals surface area (Å²) in [6.07, 6.45) is 3.49. The third kappa shape index (κ3) is 4.67. The van der Waals surface area contributed by atoms with Gasteiger partial charge in [0.05, 0.1) is 11.4 Å². The van der Waals surface area contributed by atoms with E-state index in [9.17, 15) is 4.79 Å². The second kappa shape index (κ2) is 9.14. The first-order valence-electron chi connectivity index (χ1n) is 9.94. The van der Waals surface area contributed by atoms with Gasteiger partial charge in [0.2, 0.25) is 5.91 Å². The van der Waals surface area contributed by atoms with Gasteiger partial charge in [-0.25, -0.2) is 0 Å². The zero-order chi connectivity index (χ0) is 21.8. The van der Waals surface area contributed by atoms with Crippen LogP contribution in [0.5, 0.6) is 0 Å². The van der Waals surface area contributed by atoms with E-state index in [1.807, 2.05) is 73.9 Å². The monoisotopic (exact) mass is 429 g/mol. The Morgan fingerprint density at radius 1 is 1.00 bits per heavy atom. The molecule has 2 aromatic carbocycles. The summed E-state index contributed by atoms with van der Waals surface area (Å²) in [5, 5.41) is 12.4. The molecule has 4 rings (SSSR count). The topological polar surface area (TPSA) is 72.7 Å². The lowest BCUT2D eigenvalue weighted by molar-refractivity contribution is -0.113. The Balaban J connectivity index is 1.60. The number of hydrogen-bond donors (Lipinski definition) is 1. The zero-order valence-electron chi connectivity index (χ0n) is 17.7. The highest BCUT2D eigenvalue weighted by atomic mass is 32.2. The lowest BCUT2D eigenvalue weighted by Crippen LogP contribution is -2.15. The van der Waals surface area contributed by atoms with Gasteiger partial charge in [-0.2, -0.15) is 0 Å². The van der Waals surface area contributed by atoms with Crippen molar-refractivity contribution in [1.29, 1.82) is 0 Å². The van der Waals surface area contributed by atoms with Crippen molar-refractivity contribution < 1.29 is 4.79 Å². The minimum absolute atomic E-state index is 0.0841. The summed E-state index contributed by atoms with van der Waals surface area (Å²) in [6.45, 7) is 6.07. The first-order valence-corrected chi connectivity index (χ1v) is 10.9. The Bertz CT molecular complexity index is 1220. The maximum Gasteiger partial charge on any atom is 0.234 e. The van der Waals surface area contributed by atoms with Crippen LogP contribution in [0.25, 0.3) is 17.1 Å². The molecule has 4 aromatic rings. The first-order chi connectivity index (χ1) is 15.0. The summed E-state index contributed by atoms with van der Waals surface area (Å²) in [4.78, 5) is 16.8. The highest BCUT2D eigenvalue weighted by Crippen LogP contribution is 2.29. The summed E-state index contributed by atoms with van der Waals surface area (Å²) in [6, 6.07) is 17.9.